The summed E-state index contributed by atoms with van der Waals surface area (Å²) in [5.74, 6) is -0.337. The van der Waals surface area contributed by atoms with Crippen LogP contribution in [0.3, 0.4) is 0 Å². The molecule has 0 atom stereocenters. The average molecular weight is 453 g/mol. The molecule has 2 aromatic heterocycles. The average Bonchev–Trinajstić information content (AvgIpc) is 3.39. The summed E-state index contributed by atoms with van der Waals surface area (Å²) < 4.78 is 42.3. The van der Waals surface area contributed by atoms with Gasteiger partial charge in [-0.1, -0.05) is 6.07 Å². The minimum absolute atomic E-state index is 0.281. The normalized spacial score (nSPS) is 11.3. The third-order valence-electron chi connectivity index (χ3n) is 4.70. The van der Waals surface area contributed by atoms with E-state index in [-0.39, 0.29) is 11.4 Å². The number of nitrogens with zero attached hydrogens (tertiary/aromatic N) is 3. The number of carbonyl (C=O) groups is 1. The van der Waals surface area contributed by atoms with E-state index in [9.17, 15) is 17.6 Å². The summed E-state index contributed by atoms with van der Waals surface area (Å²) in [4.78, 5) is 13.1. The summed E-state index contributed by atoms with van der Waals surface area (Å²) in [6.07, 6.45) is 6.03. The highest BCUT2D eigenvalue weighted by atomic mass is 32.2. The molecule has 2 heterocycles. The lowest BCUT2D eigenvalue weighted by Crippen LogP contribution is -2.16. The van der Waals surface area contributed by atoms with Gasteiger partial charge in [0.05, 0.1) is 23.8 Å². The molecule has 0 saturated heterocycles. The number of carbonyl (C=O) groups excluding carboxylic acids is 1. The van der Waals surface area contributed by atoms with Gasteiger partial charge < -0.3 is 9.88 Å². The molecular formula is C22H20FN5O3S. The van der Waals surface area contributed by atoms with E-state index in [0.717, 1.165) is 6.26 Å². The first-order chi connectivity index (χ1) is 15.2. The first-order valence-corrected chi connectivity index (χ1v) is 11.5. The van der Waals surface area contributed by atoms with Crippen LogP contribution in [0.5, 0.6) is 0 Å². The number of nitrogens with one attached hydrogen (secondary N) is 2. The minimum atomic E-state index is -3.47. The van der Waals surface area contributed by atoms with Crippen molar-refractivity contribution in [3.63, 3.8) is 0 Å². The van der Waals surface area contributed by atoms with Crippen molar-refractivity contribution in [3.8, 4) is 11.5 Å². The summed E-state index contributed by atoms with van der Waals surface area (Å²) in [7, 11) is -3.47. The van der Waals surface area contributed by atoms with Crippen molar-refractivity contribution in [2.75, 3.05) is 16.3 Å². The van der Waals surface area contributed by atoms with Gasteiger partial charge in [0.1, 0.15) is 11.4 Å². The van der Waals surface area contributed by atoms with Crippen molar-refractivity contribution in [2.24, 2.45) is 0 Å². The molecule has 0 saturated carbocycles. The second-order valence-corrected chi connectivity index (χ2v) is 8.97. The van der Waals surface area contributed by atoms with Crippen LogP contribution in [0, 0.1) is 12.7 Å². The first-order valence-electron chi connectivity index (χ1n) is 9.58. The maximum Gasteiger partial charge on any atom is 0.261 e. The Bertz CT molecular complexity index is 1380. The van der Waals surface area contributed by atoms with Gasteiger partial charge in [-0.25, -0.2) is 17.5 Å². The predicted octanol–water partition coefficient (Wildman–Crippen LogP) is 3.73. The van der Waals surface area contributed by atoms with E-state index in [1.54, 1.807) is 58.9 Å². The van der Waals surface area contributed by atoms with Crippen LogP contribution < -0.4 is 10.0 Å². The zero-order valence-corrected chi connectivity index (χ0v) is 18.1. The number of hydrogen-bond acceptors (Lipinski definition) is 4. The second-order valence-electron chi connectivity index (χ2n) is 7.22. The molecule has 4 aromatic rings. The van der Waals surface area contributed by atoms with E-state index >= 15 is 0 Å². The Balaban J connectivity index is 1.71. The molecule has 0 aliphatic rings. The van der Waals surface area contributed by atoms with Crippen LogP contribution in [0.4, 0.5) is 15.8 Å². The highest BCUT2D eigenvalue weighted by molar-refractivity contribution is 7.92. The fraction of sp³-hybridized carbons (Fsp3) is 0.0909. The van der Waals surface area contributed by atoms with E-state index in [2.05, 4.69) is 15.1 Å². The van der Waals surface area contributed by atoms with Crippen LogP contribution >= 0.6 is 0 Å². The molecule has 8 nitrogen and oxygen atoms in total. The molecule has 0 aliphatic heterocycles. The van der Waals surface area contributed by atoms with Gasteiger partial charge in [0.15, 0.2) is 5.82 Å². The Hall–Kier alpha value is -3.92. The minimum Gasteiger partial charge on any atom is -0.322 e. The number of rotatable bonds is 6. The van der Waals surface area contributed by atoms with E-state index in [1.165, 1.54) is 18.3 Å². The van der Waals surface area contributed by atoms with Crippen molar-refractivity contribution < 1.29 is 17.6 Å². The standard InChI is InChI=1S/C22H20FN5O3S/c1-15-5-8-17(13-20(15)26-32(2,30)31)25-21(29)19-14-24-28(18-9-6-16(23)7-10-18)22(19)27-11-3-4-12-27/h3-14,26H,1-2H3,(H,25,29). The molecule has 0 fully saturated rings. The molecule has 10 heteroatoms. The number of amides is 1. The van der Waals surface area contributed by atoms with Gasteiger partial charge in [-0.2, -0.15) is 5.10 Å². The van der Waals surface area contributed by atoms with E-state index in [0.29, 0.717) is 28.4 Å². The van der Waals surface area contributed by atoms with Gasteiger partial charge in [-0.3, -0.25) is 9.52 Å². The molecule has 32 heavy (non-hydrogen) atoms. The van der Waals surface area contributed by atoms with Gasteiger partial charge in [0.2, 0.25) is 10.0 Å². The van der Waals surface area contributed by atoms with E-state index < -0.39 is 15.9 Å². The summed E-state index contributed by atoms with van der Waals surface area (Å²) in [5, 5.41) is 7.12. The fourth-order valence-electron chi connectivity index (χ4n) is 3.21. The highest BCUT2D eigenvalue weighted by Crippen LogP contribution is 2.24. The van der Waals surface area contributed by atoms with Crippen LogP contribution in [0.25, 0.3) is 11.5 Å². The topological polar surface area (TPSA) is 98.0 Å². The number of anilines is 2. The third kappa shape index (κ3) is 4.54. The number of benzene rings is 2. The Kier molecular flexibility index (Phi) is 5.54. The molecule has 4 rings (SSSR count). The monoisotopic (exact) mass is 453 g/mol. The summed E-state index contributed by atoms with van der Waals surface area (Å²) in [6.45, 7) is 1.76. The SMILES string of the molecule is Cc1ccc(NC(=O)c2cnn(-c3ccc(F)cc3)c2-n2cccc2)cc1NS(C)(=O)=O. The Labute approximate surface area is 184 Å². The number of hydrogen-bond donors (Lipinski definition) is 2. The van der Waals surface area contributed by atoms with Gasteiger partial charge in [0, 0.05) is 18.1 Å². The largest absolute Gasteiger partial charge is 0.322 e. The maximum absolute atomic E-state index is 13.4. The molecular weight excluding hydrogens is 433 g/mol. The zero-order chi connectivity index (χ0) is 22.9. The predicted molar refractivity (Wildman–Crippen MR) is 120 cm³/mol. The lowest BCUT2D eigenvalue weighted by atomic mass is 10.2. The number of aryl methyl sites for hydroxylation is 1. The lowest BCUT2D eigenvalue weighted by Gasteiger charge is -2.13. The summed E-state index contributed by atoms with van der Waals surface area (Å²) >= 11 is 0. The Morgan fingerprint density at radius 2 is 1.75 bits per heavy atom. The van der Waals surface area contributed by atoms with Crippen LogP contribution in [0.1, 0.15) is 15.9 Å². The van der Waals surface area contributed by atoms with E-state index in [1.807, 2.05) is 12.1 Å². The van der Waals surface area contributed by atoms with Crippen LogP contribution in [0.15, 0.2) is 73.2 Å². The number of halogens is 1. The Morgan fingerprint density at radius 1 is 1.06 bits per heavy atom. The molecule has 0 bridgehead atoms. The molecule has 1 amide bonds. The fourth-order valence-corrected chi connectivity index (χ4v) is 3.82. The smallest absolute Gasteiger partial charge is 0.261 e. The number of sulfonamides is 1. The molecule has 2 aromatic carbocycles. The molecule has 0 radical (unpaired) electrons. The van der Waals surface area contributed by atoms with Gasteiger partial charge in [0.25, 0.3) is 5.91 Å². The molecule has 0 unspecified atom stereocenters. The zero-order valence-electron chi connectivity index (χ0n) is 17.3. The van der Waals surface area contributed by atoms with Crippen molar-refractivity contribution in [2.45, 2.75) is 6.92 Å². The van der Waals surface area contributed by atoms with E-state index in [4.69, 9.17) is 0 Å². The van der Waals surface area contributed by atoms with Crippen LogP contribution in [-0.4, -0.2) is 34.9 Å². The van der Waals surface area contributed by atoms with Crippen molar-refractivity contribution >= 4 is 27.3 Å². The third-order valence-corrected chi connectivity index (χ3v) is 5.29. The summed E-state index contributed by atoms with van der Waals surface area (Å²) in [5.41, 5.74) is 2.37. The number of aromatic nitrogens is 3. The van der Waals surface area contributed by atoms with Crippen LogP contribution in [-0.2, 0) is 10.0 Å². The Morgan fingerprint density at radius 3 is 2.41 bits per heavy atom. The second kappa shape index (κ2) is 8.31. The summed E-state index contributed by atoms with van der Waals surface area (Å²) in [6, 6.07) is 14.3. The van der Waals surface area contributed by atoms with Gasteiger partial charge >= 0.3 is 0 Å². The highest BCUT2D eigenvalue weighted by Gasteiger charge is 2.20. The van der Waals surface area contributed by atoms with Crippen LogP contribution in [0.2, 0.25) is 0 Å². The van der Waals surface area contributed by atoms with Crippen molar-refractivity contribution in [1.82, 2.24) is 14.3 Å². The maximum atomic E-state index is 13.4. The molecule has 164 valence electrons. The molecule has 2 N–H and O–H groups in total. The lowest BCUT2D eigenvalue weighted by molar-refractivity contribution is 0.102. The van der Waals surface area contributed by atoms with Gasteiger partial charge in [-0.15, -0.1) is 0 Å². The molecule has 0 spiro atoms. The quantitative estimate of drug-likeness (QED) is 0.465. The first kappa shape index (κ1) is 21.3. The molecule has 0 aliphatic carbocycles. The van der Waals surface area contributed by atoms with Gasteiger partial charge in [-0.05, 0) is 61.0 Å². The van der Waals surface area contributed by atoms with Crippen molar-refractivity contribution in [3.05, 3.63) is 90.1 Å². The van der Waals surface area contributed by atoms with Crippen molar-refractivity contribution in [1.29, 1.82) is 0 Å².